The van der Waals surface area contributed by atoms with Crippen LogP contribution in [0.15, 0.2) is 30.7 Å². The van der Waals surface area contributed by atoms with E-state index in [-0.39, 0.29) is 0 Å². The lowest BCUT2D eigenvalue weighted by Gasteiger charge is -2.13. The van der Waals surface area contributed by atoms with Gasteiger partial charge in [0.25, 0.3) is 0 Å². The highest BCUT2D eigenvalue weighted by Crippen LogP contribution is 2.12. The highest BCUT2D eigenvalue weighted by Gasteiger charge is 2.07. The third-order valence-corrected chi connectivity index (χ3v) is 2.60. The summed E-state index contributed by atoms with van der Waals surface area (Å²) in [6.45, 7) is 0.739. The number of anilines is 2. The number of hydrogen-bond acceptors (Lipinski definition) is 4. The average molecular weight is 231 g/mol. The lowest BCUT2D eigenvalue weighted by molar-refractivity contribution is 0.814. The van der Waals surface area contributed by atoms with E-state index < -0.39 is 0 Å². The maximum Gasteiger partial charge on any atom is 0.204 e. The molecule has 2 heterocycles. The minimum atomic E-state index is 0.739. The van der Waals surface area contributed by atoms with Gasteiger partial charge in [-0.1, -0.05) is 0 Å². The molecule has 5 nitrogen and oxygen atoms in total. The summed E-state index contributed by atoms with van der Waals surface area (Å²) in [5, 5.41) is 3.31. The third kappa shape index (κ3) is 2.55. The minimum Gasteiger partial charge on any atom is -0.378 e. The van der Waals surface area contributed by atoms with Crippen LogP contribution in [0.5, 0.6) is 0 Å². The molecule has 0 amide bonds. The van der Waals surface area contributed by atoms with Crippen LogP contribution in [0.1, 0.15) is 5.69 Å². The number of pyridine rings is 1. The van der Waals surface area contributed by atoms with Crippen LogP contribution in [0.2, 0.25) is 0 Å². The van der Waals surface area contributed by atoms with E-state index in [1.165, 1.54) is 0 Å². The molecule has 0 aliphatic carbocycles. The molecule has 0 aliphatic heterocycles. The molecule has 2 aromatic heterocycles. The predicted octanol–water partition coefficient (Wildman–Crippen LogP) is 1.49. The summed E-state index contributed by atoms with van der Waals surface area (Å²) in [5.74, 6) is 0.952. The molecule has 5 heteroatoms. The average Bonchev–Trinajstić information content (AvgIpc) is 2.69. The first kappa shape index (κ1) is 11.4. The largest absolute Gasteiger partial charge is 0.378 e. The standard InChI is InChI=1S/C12H17N5/c1-16(2)12-15-9-11(17(12)3)8-14-10-5-4-6-13-7-10/h4-7,9,14H,8H2,1-3H3. The minimum absolute atomic E-state index is 0.739. The van der Waals surface area contributed by atoms with E-state index in [4.69, 9.17) is 0 Å². The molecule has 0 aliphatic rings. The Labute approximate surface area is 101 Å². The van der Waals surface area contributed by atoms with E-state index in [1.807, 2.05) is 50.6 Å². The molecular weight excluding hydrogens is 214 g/mol. The fourth-order valence-corrected chi connectivity index (χ4v) is 1.67. The molecular formula is C12H17N5. The third-order valence-electron chi connectivity index (χ3n) is 2.60. The summed E-state index contributed by atoms with van der Waals surface area (Å²) in [4.78, 5) is 10.4. The van der Waals surface area contributed by atoms with Gasteiger partial charge >= 0.3 is 0 Å². The molecule has 0 unspecified atom stereocenters. The number of aromatic nitrogens is 3. The van der Waals surface area contributed by atoms with Gasteiger partial charge in [0, 0.05) is 33.5 Å². The molecule has 0 aromatic carbocycles. The van der Waals surface area contributed by atoms with Crippen LogP contribution >= 0.6 is 0 Å². The van der Waals surface area contributed by atoms with E-state index in [9.17, 15) is 0 Å². The Morgan fingerprint density at radius 2 is 2.18 bits per heavy atom. The van der Waals surface area contributed by atoms with Crippen molar-refractivity contribution in [3.63, 3.8) is 0 Å². The molecule has 0 saturated carbocycles. The molecule has 2 aromatic rings. The smallest absolute Gasteiger partial charge is 0.204 e. The van der Waals surface area contributed by atoms with Gasteiger partial charge in [-0.15, -0.1) is 0 Å². The molecule has 0 spiro atoms. The first-order valence-electron chi connectivity index (χ1n) is 5.50. The Kier molecular flexibility index (Phi) is 3.27. The van der Waals surface area contributed by atoms with Gasteiger partial charge in [0.1, 0.15) is 0 Å². The van der Waals surface area contributed by atoms with Crippen LogP contribution in [0.4, 0.5) is 11.6 Å². The van der Waals surface area contributed by atoms with Crippen molar-refractivity contribution in [3.05, 3.63) is 36.4 Å². The summed E-state index contributed by atoms with van der Waals surface area (Å²) < 4.78 is 2.07. The SMILES string of the molecule is CN(C)c1ncc(CNc2cccnc2)n1C. The zero-order valence-electron chi connectivity index (χ0n) is 10.4. The lowest BCUT2D eigenvalue weighted by Crippen LogP contribution is -2.15. The molecule has 0 radical (unpaired) electrons. The van der Waals surface area contributed by atoms with Crippen LogP contribution < -0.4 is 10.2 Å². The molecule has 1 N–H and O–H groups in total. The van der Waals surface area contributed by atoms with Crippen molar-refractivity contribution < 1.29 is 0 Å². The van der Waals surface area contributed by atoms with Gasteiger partial charge in [-0.3, -0.25) is 4.98 Å². The number of rotatable bonds is 4. The van der Waals surface area contributed by atoms with Crippen LogP contribution in [-0.4, -0.2) is 28.6 Å². The van der Waals surface area contributed by atoms with Crippen molar-refractivity contribution in [1.29, 1.82) is 0 Å². The van der Waals surface area contributed by atoms with Gasteiger partial charge < -0.3 is 14.8 Å². The van der Waals surface area contributed by atoms with E-state index in [1.54, 1.807) is 6.20 Å². The monoisotopic (exact) mass is 231 g/mol. The zero-order chi connectivity index (χ0) is 12.3. The van der Waals surface area contributed by atoms with Crippen LogP contribution in [0, 0.1) is 0 Å². The second-order valence-electron chi connectivity index (χ2n) is 4.10. The van der Waals surface area contributed by atoms with Gasteiger partial charge in [-0.05, 0) is 12.1 Å². The molecule has 0 atom stereocenters. The lowest BCUT2D eigenvalue weighted by atomic mass is 10.4. The Hall–Kier alpha value is -2.04. The summed E-state index contributed by atoms with van der Waals surface area (Å²) >= 11 is 0. The number of hydrogen-bond donors (Lipinski definition) is 1. The van der Waals surface area contributed by atoms with E-state index in [0.29, 0.717) is 0 Å². The summed E-state index contributed by atoms with van der Waals surface area (Å²) in [6, 6.07) is 3.91. The van der Waals surface area contributed by atoms with Crippen LogP contribution in [0.3, 0.4) is 0 Å². The van der Waals surface area contributed by atoms with Gasteiger partial charge in [0.2, 0.25) is 5.95 Å². The van der Waals surface area contributed by atoms with E-state index in [2.05, 4.69) is 19.9 Å². The van der Waals surface area contributed by atoms with Crippen molar-refractivity contribution in [2.75, 3.05) is 24.3 Å². The predicted molar refractivity (Wildman–Crippen MR) is 69.1 cm³/mol. The maximum atomic E-state index is 4.36. The van der Waals surface area contributed by atoms with Crippen molar-refractivity contribution in [3.8, 4) is 0 Å². The Morgan fingerprint density at radius 3 is 2.76 bits per heavy atom. The van der Waals surface area contributed by atoms with Gasteiger partial charge in [-0.2, -0.15) is 0 Å². The highest BCUT2D eigenvalue weighted by atomic mass is 15.3. The molecule has 2 rings (SSSR count). The molecule has 0 saturated heterocycles. The number of imidazole rings is 1. The Balaban J connectivity index is 2.05. The second kappa shape index (κ2) is 4.86. The zero-order valence-corrected chi connectivity index (χ0v) is 10.4. The van der Waals surface area contributed by atoms with Crippen molar-refractivity contribution >= 4 is 11.6 Å². The fourth-order valence-electron chi connectivity index (χ4n) is 1.67. The van der Waals surface area contributed by atoms with E-state index >= 15 is 0 Å². The number of nitrogens with zero attached hydrogens (tertiary/aromatic N) is 4. The van der Waals surface area contributed by atoms with Gasteiger partial charge in [-0.25, -0.2) is 4.98 Å². The summed E-state index contributed by atoms with van der Waals surface area (Å²) in [6.07, 6.45) is 5.46. The summed E-state index contributed by atoms with van der Waals surface area (Å²) in [7, 11) is 5.99. The van der Waals surface area contributed by atoms with Crippen LogP contribution in [-0.2, 0) is 13.6 Å². The Morgan fingerprint density at radius 1 is 1.35 bits per heavy atom. The topological polar surface area (TPSA) is 46.0 Å². The number of nitrogens with one attached hydrogen (secondary N) is 1. The Bertz CT molecular complexity index is 475. The molecule has 17 heavy (non-hydrogen) atoms. The maximum absolute atomic E-state index is 4.36. The molecule has 90 valence electrons. The first-order valence-corrected chi connectivity index (χ1v) is 5.50. The first-order chi connectivity index (χ1) is 8.18. The van der Waals surface area contributed by atoms with Crippen molar-refractivity contribution in [1.82, 2.24) is 14.5 Å². The summed E-state index contributed by atoms with van der Waals surface area (Å²) in [5.41, 5.74) is 2.15. The fraction of sp³-hybridized carbons (Fsp3) is 0.333. The molecule has 0 bridgehead atoms. The van der Waals surface area contributed by atoms with Crippen LogP contribution in [0.25, 0.3) is 0 Å². The quantitative estimate of drug-likeness (QED) is 0.866. The normalized spacial score (nSPS) is 10.3. The highest BCUT2D eigenvalue weighted by molar-refractivity contribution is 5.40. The van der Waals surface area contributed by atoms with Crippen molar-refractivity contribution in [2.24, 2.45) is 7.05 Å². The van der Waals surface area contributed by atoms with Gasteiger partial charge in [0.15, 0.2) is 0 Å². The van der Waals surface area contributed by atoms with E-state index in [0.717, 1.165) is 23.9 Å². The van der Waals surface area contributed by atoms with Crippen molar-refractivity contribution in [2.45, 2.75) is 6.54 Å². The van der Waals surface area contributed by atoms with Gasteiger partial charge in [0.05, 0.1) is 24.1 Å². The molecule has 0 fully saturated rings. The second-order valence-corrected chi connectivity index (χ2v) is 4.10.